The van der Waals surface area contributed by atoms with Crippen molar-refractivity contribution in [3.05, 3.63) is 113 Å². The number of benzene rings is 3. The molecule has 5 aromatic rings. The zero-order chi connectivity index (χ0) is 26.6. The number of fused-ring (bicyclic) bond motifs is 1. The second kappa shape index (κ2) is 11.3. The third kappa shape index (κ3) is 5.99. The fraction of sp³-hybridized carbons (Fsp3) is 0.286. The van der Waals surface area contributed by atoms with Crippen molar-refractivity contribution in [3.8, 4) is 22.5 Å². The molecule has 0 saturated heterocycles. The molecule has 3 heteroatoms. The Balaban J connectivity index is 1.35. The van der Waals surface area contributed by atoms with Gasteiger partial charge in [0.15, 0.2) is 0 Å². The molecule has 0 fully saturated rings. The van der Waals surface area contributed by atoms with E-state index in [0.29, 0.717) is 5.92 Å². The molecule has 0 saturated carbocycles. The van der Waals surface area contributed by atoms with Gasteiger partial charge in [-0.1, -0.05) is 79.1 Å². The summed E-state index contributed by atoms with van der Waals surface area (Å²) >= 11 is 0. The highest BCUT2D eigenvalue weighted by molar-refractivity contribution is 5.93. The molecule has 38 heavy (non-hydrogen) atoms. The second-order valence-corrected chi connectivity index (χ2v) is 10.9. The van der Waals surface area contributed by atoms with Crippen molar-refractivity contribution in [1.29, 1.82) is 0 Å². The Kier molecular flexibility index (Phi) is 7.64. The molecule has 0 aliphatic heterocycles. The lowest BCUT2D eigenvalue weighted by Crippen LogP contribution is -2.01. The van der Waals surface area contributed by atoms with Gasteiger partial charge in [-0.3, -0.25) is 4.98 Å². The van der Waals surface area contributed by atoms with E-state index in [-0.39, 0.29) is 0 Å². The maximum atomic E-state index is 5.11. The van der Waals surface area contributed by atoms with Crippen molar-refractivity contribution in [3.63, 3.8) is 0 Å². The molecule has 192 valence electrons. The second-order valence-electron chi connectivity index (χ2n) is 10.9. The summed E-state index contributed by atoms with van der Waals surface area (Å²) in [5, 5.41) is 1.13. The van der Waals surface area contributed by atoms with Crippen molar-refractivity contribution in [1.82, 2.24) is 15.0 Å². The van der Waals surface area contributed by atoms with E-state index in [4.69, 9.17) is 15.0 Å². The van der Waals surface area contributed by atoms with E-state index >= 15 is 0 Å². The fourth-order valence-corrected chi connectivity index (χ4v) is 5.09. The highest BCUT2D eigenvalue weighted by Gasteiger charge is 2.13. The van der Waals surface area contributed by atoms with Gasteiger partial charge in [0.1, 0.15) is 5.82 Å². The summed E-state index contributed by atoms with van der Waals surface area (Å²) in [7, 11) is 0. The van der Waals surface area contributed by atoms with Crippen LogP contribution in [0.2, 0.25) is 0 Å². The first-order chi connectivity index (χ1) is 18.4. The van der Waals surface area contributed by atoms with Gasteiger partial charge in [0.25, 0.3) is 0 Å². The summed E-state index contributed by atoms with van der Waals surface area (Å²) in [5.41, 5.74) is 11.7. The maximum Gasteiger partial charge on any atom is 0.129 e. The van der Waals surface area contributed by atoms with Crippen LogP contribution in [0.25, 0.3) is 33.4 Å². The highest BCUT2D eigenvalue weighted by Crippen LogP contribution is 2.30. The molecular weight excluding hydrogens is 462 g/mol. The lowest BCUT2D eigenvalue weighted by molar-refractivity contribution is 0.701. The first-order valence-corrected chi connectivity index (χ1v) is 13.8. The number of hydrogen-bond donors (Lipinski definition) is 0. The number of aryl methyl sites for hydroxylation is 5. The molecule has 0 atom stereocenters. The van der Waals surface area contributed by atoms with Gasteiger partial charge >= 0.3 is 0 Å². The first-order valence-electron chi connectivity index (χ1n) is 13.8. The van der Waals surface area contributed by atoms with Crippen LogP contribution in [0.1, 0.15) is 66.4 Å². The molecule has 2 aromatic heterocycles. The molecule has 5 rings (SSSR count). The van der Waals surface area contributed by atoms with E-state index in [2.05, 4.69) is 113 Å². The molecule has 0 spiro atoms. The van der Waals surface area contributed by atoms with Gasteiger partial charge in [-0.15, -0.1) is 0 Å². The van der Waals surface area contributed by atoms with Crippen LogP contribution in [0, 0.1) is 20.8 Å². The molecular formula is C35H37N3. The Bertz CT molecular complexity index is 1540. The maximum absolute atomic E-state index is 5.11. The predicted octanol–water partition coefficient (Wildman–Crippen LogP) is 8.97. The summed E-state index contributed by atoms with van der Waals surface area (Å²) in [6.07, 6.45) is 3.89. The smallest absolute Gasteiger partial charge is 0.129 e. The summed E-state index contributed by atoms with van der Waals surface area (Å²) in [6.45, 7) is 10.9. The average Bonchev–Trinajstić information content (AvgIpc) is 2.90. The van der Waals surface area contributed by atoms with Crippen LogP contribution in [0.15, 0.2) is 78.9 Å². The molecule has 0 unspecified atom stereocenters. The summed E-state index contributed by atoms with van der Waals surface area (Å²) < 4.78 is 0. The Hall–Kier alpha value is -3.85. The summed E-state index contributed by atoms with van der Waals surface area (Å²) in [5.74, 6) is 1.39. The van der Waals surface area contributed by atoms with Crippen LogP contribution in [-0.2, 0) is 12.8 Å². The largest absolute Gasteiger partial charge is 0.253 e. The Morgan fingerprint density at radius 3 is 2.11 bits per heavy atom. The molecule has 3 aromatic carbocycles. The zero-order valence-electron chi connectivity index (χ0n) is 23.3. The molecule has 0 bridgehead atoms. The van der Waals surface area contributed by atoms with Crippen LogP contribution >= 0.6 is 0 Å². The van der Waals surface area contributed by atoms with Crippen molar-refractivity contribution in [2.75, 3.05) is 0 Å². The molecule has 2 heterocycles. The SMILES string of the molecule is Cc1ccc(-c2cccc(CCCCc3nc(-c4cc(C)cc(C)c4)c4ccc(C(C)C)cc4n3)n2)cc1. The number of pyridine rings is 1. The summed E-state index contributed by atoms with van der Waals surface area (Å²) in [4.78, 5) is 15.1. The predicted molar refractivity (Wildman–Crippen MR) is 160 cm³/mol. The number of hydrogen-bond acceptors (Lipinski definition) is 3. The van der Waals surface area contributed by atoms with Crippen LogP contribution in [-0.4, -0.2) is 15.0 Å². The number of aromatic nitrogens is 3. The average molecular weight is 500 g/mol. The Labute approximate surface area is 227 Å². The lowest BCUT2D eigenvalue weighted by Gasteiger charge is -2.13. The zero-order valence-corrected chi connectivity index (χ0v) is 23.3. The van der Waals surface area contributed by atoms with E-state index in [9.17, 15) is 0 Å². The van der Waals surface area contributed by atoms with Crippen LogP contribution in [0.3, 0.4) is 0 Å². The lowest BCUT2D eigenvalue weighted by atomic mass is 9.98. The minimum absolute atomic E-state index is 0.464. The van der Waals surface area contributed by atoms with Crippen molar-refractivity contribution in [2.45, 2.75) is 66.2 Å². The molecule has 0 radical (unpaired) electrons. The van der Waals surface area contributed by atoms with Crippen molar-refractivity contribution < 1.29 is 0 Å². The van der Waals surface area contributed by atoms with E-state index in [1.165, 1.54) is 33.4 Å². The topological polar surface area (TPSA) is 38.7 Å². The van der Waals surface area contributed by atoms with E-state index in [0.717, 1.165) is 59.5 Å². The standard InChI is InChI=1S/C35H37N3/c1-23(2)28-17-18-31-33(22-28)37-34(38-35(31)29-20-25(4)19-26(5)21-29)12-7-6-9-30-10-8-11-32(36-30)27-15-13-24(3)14-16-27/h8,10-11,13-23H,6-7,9,12H2,1-5H3. The van der Waals surface area contributed by atoms with Crippen LogP contribution in [0.5, 0.6) is 0 Å². The van der Waals surface area contributed by atoms with Crippen LogP contribution in [0.4, 0.5) is 0 Å². The van der Waals surface area contributed by atoms with Crippen LogP contribution < -0.4 is 0 Å². The van der Waals surface area contributed by atoms with Gasteiger partial charge in [0.2, 0.25) is 0 Å². The molecule has 0 N–H and O–H groups in total. The minimum Gasteiger partial charge on any atom is -0.253 e. The van der Waals surface area contributed by atoms with Gasteiger partial charge in [-0.25, -0.2) is 9.97 Å². The van der Waals surface area contributed by atoms with Gasteiger partial charge in [0, 0.05) is 28.6 Å². The monoisotopic (exact) mass is 499 g/mol. The number of rotatable bonds is 8. The molecule has 0 amide bonds. The highest BCUT2D eigenvalue weighted by atomic mass is 14.9. The van der Waals surface area contributed by atoms with E-state index in [1.807, 2.05) is 0 Å². The third-order valence-electron chi connectivity index (χ3n) is 7.17. The Morgan fingerprint density at radius 2 is 1.37 bits per heavy atom. The quantitative estimate of drug-likeness (QED) is 0.200. The van der Waals surface area contributed by atoms with Gasteiger partial charge < -0.3 is 0 Å². The van der Waals surface area contributed by atoms with Crippen molar-refractivity contribution in [2.24, 2.45) is 0 Å². The first kappa shape index (κ1) is 25.8. The van der Waals surface area contributed by atoms with E-state index in [1.54, 1.807) is 0 Å². The summed E-state index contributed by atoms with van der Waals surface area (Å²) in [6, 6.07) is 28.3. The molecule has 3 nitrogen and oxygen atoms in total. The van der Waals surface area contributed by atoms with E-state index < -0.39 is 0 Å². The normalized spacial score (nSPS) is 11.4. The van der Waals surface area contributed by atoms with Crippen molar-refractivity contribution >= 4 is 10.9 Å². The fourth-order valence-electron chi connectivity index (χ4n) is 5.09. The van der Waals surface area contributed by atoms with Gasteiger partial charge in [-0.05, 0) is 81.8 Å². The van der Waals surface area contributed by atoms with Gasteiger partial charge in [0.05, 0.1) is 16.9 Å². The van der Waals surface area contributed by atoms with Gasteiger partial charge in [-0.2, -0.15) is 0 Å². The molecule has 0 aliphatic rings. The third-order valence-corrected chi connectivity index (χ3v) is 7.17. The minimum atomic E-state index is 0.464. The number of nitrogens with zero attached hydrogens (tertiary/aromatic N) is 3. The number of unbranched alkanes of at least 4 members (excludes halogenated alkanes) is 1. The molecule has 0 aliphatic carbocycles. The Morgan fingerprint density at radius 1 is 0.632 bits per heavy atom.